The highest BCUT2D eigenvalue weighted by Crippen LogP contribution is 2.40. The van der Waals surface area contributed by atoms with Gasteiger partial charge in [-0.05, 0) is 27.0 Å². The van der Waals surface area contributed by atoms with Gasteiger partial charge >= 0.3 is 0 Å². The third kappa shape index (κ3) is 2.38. The number of rotatable bonds is 0. The second kappa shape index (κ2) is 4.79. The monoisotopic (exact) mass is 235 g/mol. The van der Waals surface area contributed by atoms with Gasteiger partial charge in [-0.15, -0.1) is 0 Å². The Morgan fingerprint density at radius 1 is 1.12 bits per heavy atom. The van der Waals surface area contributed by atoms with Crippen LogP contribution in [0.15, 0.2) is 24.3 Å². The smallest absolute Gasteiger partial charge is 0.139 e. The van der Waals surface area contributed by atoms with E-state index in [2.05, 4.69) is 64.2 Å². The van der Waals surface area contributed by atoms with Gasteiger partial charge in [-0.2, -0.15) is 0 Å². The second-order valence-corrected chi connectivity index (χ2v) is 5.60. The standard InChI is InChI=1S/C13H21N2.C2H6/c1-13(2)11-8-6-7-9-12(11)15(4,5)10-14(13)3;1-2/h6-9H,10H2,1-5H3;1-2H3/q+1;. The summed E-state index contributed by atoms with van der Waals surface area (Å²) in [6.45, 7) is 9.65. The molecule has 2 heteroatoms. The third-order valence-corrected chi connectivity index (χ3v) is 3.74. The van der Waals surface area contributed by atoms with Crippen molar-refractivity contribution in [2.45, 2.75) is 33.2 Å². The number of benzene rings is 1. The van der Waals surface area contributed by atoms with Gasteiger partial charge < -0.3 is 0 Å². The molecule has 1 aromatic carbocycles. The molecule has 0 spiro atoms. The van der Waals surface area contributed by atoms with Crippen molar-refractivity contribution >= 4 is 5.69 Å². The lowest BCUT2D eigenvalue weighted by molar-refractivity contribution is 0.0755. The van der Waals surface area contributed by atoms with Crippen molar-refractivity contribution in [3.63, 3.8) is 0 Å². The van der Waals surface area contributed by atoms with E-state index in [1.165, 1.54) is 11.3 Å². The zero-order valence-electron chi connectivity index (χ0n) is 12.4. The number of hydrogen-bond acceptors (Lipinski definition) is 1. The Kier molecular flexibility index (Phi) is 4.00. The van der Waals surface area contributed by atoms with Crippen molar-refractivity contribution in [1.29, 1.82) is 0 Å². The average Bonchev–Trinajstić information content (AvgIpc) is 2.30. The Bertz CT molecular complexity index is 380. The molecule has 2 rings (SSSR count). The molecule has 0 aliphatic carbocycles. The van der Waals surface area contributed by atoms with Gasteiger partial charge in [0.15, 0.2) is 0 Å². The van der Waals surface area contributed by atoms with E-state index in [4.69, 9.17) is 0 Å². The Morgan fingerprint density at radius 3 is 2.24 bits per heavy atom. The minimum absolute atomic E-state index is 0.143. The van der Waals surface area contributed by atoms with E-state index in [1.807, 2.05) is 13.8 Å². The van der Waals surface area contributed by atoms with Crippen molar-refractivity contribution in [2.75, 3.05) is 27.8 Å². The molecule has 1 heterocycles. The minimum Gasteiger partial charge on any atom is -0.283 e. The SMILES string of the molecule is CC.CN1C[N+](C)(C)c2ccccc2C1(C)C. The van der Waals surface area contributed by atoms with Crippen LogP contribution in [0.2, 0.25) is 0 Å². The lowest BCUT2D eigenvalue weighted by Crippen LogP contribution is -2.58. The van der Waals surface area contributed by atoms with Crippen molar-refractivity contribution in [1.82, 2.24) is 9.38 Å². The Balaban J connectivity index is 0.000000686. The lowest BCUT2D eigenvalue weighted by Gasteiger charge is -2.48. The fraction of sp³-hybridized carbons (Fsp3) is 0.600. The summed E-state index contributed by atoms with van der Waals surface area (Å²) < 4.78 is 0.941. The molecule has 0 amide bonds. The van der Waals surface area contributed by atoms with Crippen LogP contribution in [0.3, 0.4) is 0 Å². The van der Waals surface area contributed by atoms with Crippen molar-refractivity contribution < 1.29 is 0 Å². The Hall–Kier alpha value is -0.860. The highest BCUT2D eigenvalue weighted by atomic mass is 15.4. The topological polar surface area (TPSA) is 3.24 Å². The molecule has 0 N–H and O–H groups in total. The molecule has 0 saturated heterocycles. The summed E-state index contributed by atoms with van der Waals surface area (Å²) in [5, 5.41) is 0. The molecule has 1 aromatic rings. The van der Waals surface area contributed by atoms with Crippen LogP contribution in [-0.4, -0.2) is 32.7 Å². The quantitative estimate of drug-likeness (QED) is 0.623. The van der Waals surface area contributed by atoms with Gasteiger partial charge in [0.05, 0.1) is 19.6 Å². The Morgan fingerprint density at radius 2 is 1.65 bits per heavy atom. The largest absolute Gasteiger partial charge is 0.283 e. The molecule has 1 aliphatic rings. The predicted molar refractivity (Wildman–Crippen MR) is 77.1 cm³/mol. The summed E-state index contributed by atoms with van der Waals surface area (Å²) in [4.78, 5) is 2.43. The summed E-state index contributed by atoms with van der Waals surface area (Å²) in [5.74, 6) is 0. The second-order valence-electron chi connectivity index (χ2n) is 5.60. The highest BCUT2D eigenvalue weighted by Gasteiger charge is 2.41. The summed E-state index contributed by atoms with van der Waals surface area (Å²) >= 11 is 0. The molecule has 0 bridgehead atoms. The normalized spacial score (nSPS) is 21.1. The fourth-order valence-electron chi connectivity index (χ4n) is 2.51. The van der Waals surface area contributed by atoms with Crippen LogP contribution in [0, 0.1) is 0 Å². The number of fused-ring (bicyclic) bond motifs is 1. The van der Waals surface area contributed by atoms with Gasteiger partial charge in [0.25, 0.3) is 0 Å². The number of hydrogen-bond donors (Lipinski definition) is 0. The first kappa shape index (κ1) is 14.2. The van der Waals surface area contributed by atoms with Gasteiger partial charge in [-0.3, -0.25) is 4.48 Å². The van der Waals surface area contributed by atoms with Crippen molar-refractivity contribution in [3.8, 4) is 0 Å². The van der Waals surface area contributed by atoms with Crippen LogP contribution in [0.1, 0.15) is 33.3 Å². The van der Waals surface area contributed by atoms with Crippen LogP contribution in [-0.2, 0) is 5.54 Å². The van der Waals surface area contributed by atoms with Crippen LogP contribution in [0.4, 0.5) is 5.69 Å². The summed E-state index contributed by atoms with van der Waals surface area (Å²) in [7, 11) is 6.74. The van der Waals surface area contributed by atoms with E-state index in [0.717, 1.165) is 11.2 Å². The van der Waals surface area contributed by atoms with Gasteiger partial charge in [-0.25, -0.2) is 4.90 Å². The van der Waals surface area contributed by atoms with E-state index in [9.17, 15) is 0 Å². The maximum Gasteiger partial charge on any atom is 0.139 e. The summed E-state index contributed by atoms with van der Waals surface area (Å²) in [6.07, 6.45) is 0. The maximum absolute atomic E-state index is 2.43. The first-order valence-electron chi connectivity index (χ1n) is 6.50. The molecular formula is C15H27N2+. The molecular weight excluding hydrogens is 208 g/mol. The molecule has 0 aromatic heterocycles. The minimum atomic E-state index is 0.143. The molecule has 0 fully saturated rings. The molecule has 96 valence electrons. The maximum atomic E-state index is 2.43. The predicted octanol–water partition coefficient (Wildman–Crippen LogP) is 3.42. The molecule has 0 radical (unpaired) electrons. The van der Waals surface area contributed by atoms with Gasteiger partial charge in [0.2, 0.25) is 0 Å². The van der Waals surface area contributed by atoms with Crippen LogP contribution < -0.4 is 4.48 Å². The van der Waals surface area contributed by atoms with Crippen molar-refractivity contribution in [3.05, 3.63) is 29.8 Å². The van der Waals surface area contributed by atoms with Gasteiger partial charge in [0, 0.05) is 5.56 Å². The number of para-hydroxylation sites is 1. The van der Waals surface area contributed by atoms with E-state index in [1.54, 1.807) is 0 Å². The van der Waals surface area contributed by atoms with E-state index < -0.39 is 0 Å². The van der Waals surface area contributed by atoms with E-state index in [-0.39, 0.29) is 5.54 Å². The molecule has 0 saturated carbocycles. The lowest BCUT2D eigenvalue weighted by atomic mass is 9.88. The van der Waals surface area contributed by atoms with E-state index >= 15 is 0 Å². The first-order valence-corrected chi connectivity index (χ1v) is 6.50. The summed E-state index contributed by atoms with van der Waals surface area (Å²) in [5.41, 5.74) is 3.04. The van der Waals surface area contributed by atoms with Crippen LogP contribution in [0.25, 0.3) is 0 Å². The number of nitrogens with zero attached hydrogens (tertiary/aromatic N) is 2. The molecule has 1 aliphatic heterocycles. The zero-order valence-corrected chi connectivity index (χ0v) is 12.4. The Labute approximate surface area is 106 Å². The van der Waals surface area contributed by atoms with Crippen LogP contribution >= 0.6 is 0 Å². The summed E-state index contributed by atoms with van der Waals surface area (Å²) in [6, 6.07) is 8.79. The van der Waals surface area contributed by atoms with Crippen molar-refractivity contribution in [2.24, 2.45) is 0 Å². The van der Waals surface area contributed by atoms with Gasteiger partial charge in [0.1, 0.15) is 12.4 Å². The molecule has 17 heavy (non-hydrogen) atoms. The fourth-order valence-corrected chi connectivity index (χ4v) is 2.51. The highest BCUT2D eigenvalue weighted by molar-refractivity contribution is 5.54. The number of quaternary nitrogens is 1. The zero-order chi connectivity index (χ0) is 13.3. The molecule has 0 unspecified atom stereocenters. The van der Waals surface area contributed by atoms with Crippen LogP contribution in [0.5, 0.6) is 0 Å². The average molecular weight is 235 g/mol. The molecule has 2 nitrogen and oxygen atoms in total. The first-order chi connectivity index (χ1) is 7.86. The van der Waals surface area contributed by atoms with E-state index in [0.29, 0.717) is 0 Å². The third-order valence-electron chi connectivity index (χ3n) is 3.74. The molecule has 0 atom stereocenters. The van der Waals surface area contributed by atoms with Gasteiger partial charge in [-0.1, -0.05) is 32.0 Å².